The molecule has 0 aromatic carbocycles. The number of likely N-dealkylation sites (tertiary alicyclic amines) is 1. The van der Waals surface area contributed by atoms with Crippen molar-refractivity contribution in [2.45, 2.75) is 39.2 Å². The maximum Gasteiger partial charge on any atom is 0.435 e. The van der Waals surface area contributed by atoms with Crippen LogP contribution >= 0.6 is 0 Å². The molecule has 1 rings (SSSR count). The molecule has 1 saturated heterocycles. The maximum absolute atomic E-state index is 10.2. The van der Waals surface area contributed by atoms with E-state index >= 15 is 0 Å². The zero-order chi connectivity index (χ0) is 11.2. The summed E-state index contributed by atoms with van der Waals surface area (Å²) in [7, 11) is -5.17. The number of piperidine rings is 1. The van der Waals surface area contributed by atoms with Gasteiger partial charge >= 0.3 is 10.5 Å². The van der Waals surface area contributed by atoms with Gasteiger partial charge in [0.15, 0.2) is 0 Å². The minimum Gasteiger partial charge on any atom is -0.301 e. The molecule has 6 heteroatoms. The lowest BCUT2D eigenvalue weighted by Gasteiger charge is -2.29. The van der Waals surface area contributed by atoms with Crippen molar-refractivity contribution in [2.24, 2.45) is 0 Å². The summed E-state index contributed by atoms with van der Waals surface area (Å²) in [5, 5.41) is 0. The summed E-state index contributed by atoms with van der Waals surface area (Å²) < 4.78 is 34.1. The molecule has 0 aromatic rings. The number of nitrogens with zero attached hydrogens (tertiary/aromatic N) is 1. The SMILES string of the molecule is CC(C)N1CCCCC1.O=S(=O)(O)F. The van der Waals surface area contributed by atoms with E-state index in [9.17, 15) is 3.89 Å². The fourth-order valence-electron chi connectivity index (χ4n) is 1.43. The topological polar surface area (TPSA) is 57.6 Å². The van der Waals surface area contributed by atoms with Crippen molar-refractivity contribution >= 4 is 10.5 Å². The van der Waals surface area contributed by atoms with E-state index in [2.05, 4.69) is 18.7 Å². The lowest BCUT2D eigenvalue weighted by molar-refractivity contribution is 0.185. The first-order valence-corrected chi connectivity index (χ1v) is 6.06. The van der Waals surface area contributed by atoms with Crippen molar-refractivity contribution in [1.29, 1.82) is 0 Å². The molecule has 0 radical (unpaired) electrons. The van der Waals surface area contributed by atoms with E-state index in [4.69, 9.17) is 13.0 Å². The Labute approximate surface area is 85.1 Å². The Morgan fingerprint density at radius 1 is 1.21 bits per heavy atom. The van der Waals surface area contributed by atoms with Gasteiger partial charge in [0.25, 0.3) is 0 Å². The summed E-state index contributed by atoms with van der Waals surface area (Å²) in [6.07, 6.45) is 4.28. The highest BCUT2D eigenvalue weighted by atomic mass is 32.3. The summed E-state index contributed by atoms with van der Waals surface area (Å²) in [6, 6.07) is 0.769. The van der Waals surface area contributed by atoms with Gasteiger partial charge in [-0.2, -0.15) is 8.42 Å². The quantitative estimate of drug-likeness (QED) is 0.546. The van der Waals surface area contributed by atoms with Crippen molar-refractivity contribution < 1.29 is 16.9 Å². The second kappa shape index (κ2) is 6.31. The van der Waals surface area contributed by atoms with Crippen molar-refractivity contribution in [3.05, 3.63) is 0 Å². The van der Waals surface area contributed by atoms with Gasteiger partial charge in [0.05, 0.1) is 0 Å². The lowest BCUT2D eigenvalue weighted by atomic mass is 10.1. The normalized spacial score (nSPS) is 18.9. The first-order chi connectivity index (χ1) is 6.30. The van der Waals surface area contributed by atoms with Gasteiger partial charge in [0.2, 0.25) is 0 Å². The molecule has 14 heavy (non-hydrogen) atoms. The highest BCUT2D eigenvalue weighted by Gasteiger charge is 2.11. The van der Waals surface area contributed by atoms with Gasteiger partial charge in [-0.3, -0.25) is 4.55 Å². The minimum atomic E-state index is -5.17. The van der Waals surface area contributed by atoms with E-state index in [1.54, 1.807) is 0 Å². The van der Waals surface area contributed by atoms with E-state index in [1.165, 1.54) is 32.4 Å². The van der Waals surface area contributed by atoms with Crippen LogP contribution in [0.5, 0.6) is 0 Å². The second-order valence-corrected chi connectivity index (χ2v) is 4.43. The Morgan fingerprint density at radius 3 is 1.79 bits per heavy atom. The Bertz CT molecular complexity index is 227. The molecule has 1 fully saturated rings. The van der Waals surface area contributed by atoms with Gasteiger partial charge in [0.1, 0.15) is 0 Å². The van der Waals surface area contributed by atoms with E-state index in [0.29, 0.717) is 0 Å². The van der Waals surface area contributed by atoms with Gasteiger partial charge in [-0.1, -0.05) is 10.3 Å². The van der Waals surface area contributed by atoms with Crippen LogP contribution in [0.4, 0.5) is 3.89 Å². The molecule has 0 bridgehead atoms. The van der Waals surface area contributed by atoms with Gasteiger partial charge < -0.3 is 4.90 Å². The summed E-state index contributed by atoms with van der Waals surface area (Å²) in [4.78, 5) is 2.56. The predicted octanol–water partition coefficient (Wildman–Crippen LogP) is 1.64. The summed E-state index contributed by atoms with van der Waals surface area (Å²) in [6.45, 7) is 7.23. The van der Waals surface area contributed by atoms with Crippen molar-refractivity contribution in [2.75, 3.05) is 13.1 Å². The van der Waals surface area contributed by atoms with Crippen LogP contribution < -0.4 is 0 Å². The molecular weight excluding hydrogens is 209 g/mol. The summed E-state index contributed by atoms with van der Waals surface area (Å²) in [5.74, 6) is 0. The Hall–Kier alpha value is -0.200. The molecule has 1 aliphatic rings. The molecule has 1 N–H and O–H groups in total. The fourth-order valence-corrected chi connectivity index (χ4v) is 1.43. The zero-order valence-electron chi connectivity index (χ0n) is 8.61. The van der Waals surface area contributed by atoms with E-state index in [0.717, 1.165) is 6.04 Å². The molecule has 0 atom stereocenters. The fraction of sp³-hybridized carbons (Fsp3) is 1.00. The molecule has 0 amide bonds. The minimum absolute atomic E-state index is 0.769. The van der Waals surface area contributed by atoms with Crippen LogP contribution in [0.25, 0.3) is 0 Å². The van der Waals surface area contributed by atoms with Crippen LogP contribution in [0.15, 0.2) is 0 Å². The molecule has 0 aliphatic carbocycles. The maximum atomic E-state index is 10.2. The van der Waals surface area contributed by atoms with Crippen LogP contribution in [0, 0.1) is 0 Å². The molecule has 1 heterocycles. The largest absolute Gasteiger partial charge is 0.435 e. The van der Waals surface area contributed by atoms with E-state index < -0.39 is 10.5 Å². The molecule has 0 aromatic heterocycles. The third-order valence-electron chi connectivity index (χ3n) is 2.12. The average molecular weight is 227 g/mol. The monoisotopic (exact) mass is 227 g/mol. The van der Waals surface area contributed by atoms with Crippen LogP contribution in [0.2, 0.25) is 0 Å². The van der Waals surface area contributed by atoms with Gasteiger partial charge in [0, 0.05) is 6.04 Å². The van der Waals surface area contributed by atoms with Crippen LogP contribution in [0.1, 0.15) is 33.1 Å². The highest BCUT2D eigenvalue weighted by molar-refractivity contribution is 7.80. The predicted molar refractivity (Wildman–Crippen MR) is 53.2 cm³/mol. The van der Waals surface area contributed by atoms with Crippen molar-refractivity contribution in [1.82, 2.24) is 4.90 Å². The number of hydrogen-bond donors (Lipinski definition) is 1. The van der Waals surface area contributed by atoms with Crippen molar-refractivity contribution in [3.8, 4) is 0 Å². The molecule has 86 valence electrons. The zero-order valence-corrected chi connectivity index (χ0v) is 9.43. The smallest absolute Gasteiger partial charge is 0.301 e. The summed E-state index contributed by atoms with van der Waals surface area (Å²) >= 11 is 0. The Kier molecular flexibility index (Phi) is 6.22. The molecular formula is C8H18FNO3S. The van der Waals surface area contributed by atoms with Crippen LogP contribution in [0.3, 0.4) is 0 Å². The third-order valence-corrected chi connectivity index (χ3v) is 2.12. The van der Waals surface area contributed by atoms with Gasteiger partial charge in [-0.15, -0.1) is 0 Å². The molecule has 0 spiro atoms. The van der Waals surface area contributed by atoms with Crippen molar-refractivity contribution in [3.63, 3.8) is 0 Å². The number of hydrogen-bond acceptors (Lipinski definition) is 3. The average Bonchev–Trinajstić information content (AvgIpc) is 2.03. The van der Waals surface area contributed by atoms with E-state index in [1.807, 2.05) is 0 Å². The lowest BCUT2D eigenvalue weighted by Crippen LogP contribution is -2.35. The molecule has 1 aliphatic heterocycles. The van der Waals surface area contributed by atoms with E-state index in [-0.39, 0.29) is 0 Å². The number of halogens is 1. The van der Waals surface area contributed by atoms with Crippen LogP contribution in [-0.2, 0) is 10.5 Å². The second-order valence-electron chi connectivity index (χ2n) is 3.60. The standard InChI is InChI=1S/C8H17N.FHO3S/c1-8(2)9-6-4-3-5-7-9;1-5(2,3)4/h8H,3-7H2,1-2H3;(H,2,3,4). The molecule has 0 unspecified atom stereocenters. The number of rotatable bonds is 1. The highest BCUT2D eigenvalue weighted by Crippen LogP contribution is 2.10. The molecule has 4 nitrogen and oxygen atoms in total. The third kappa shape index (κ3) is 9.88. The first kappa shape index (κ1) is 13.8. The Morgan fingerprint density at radius 2 is 1.57 bits per heavy atom. The first-order valence-electron chi connectivity index (χ1n) is 4.72. The van der Waals surface area contributed by atoms with Gasteiger partial charge in [-0.25, -0.2) is 0 Å². The van der Waals surface area contributed by atoms with Gasteiger partial charge in [-0.05, 0) is 39.8 Å². The Balaban J connectivity index is 0.000000292. The van der Waals surface area contributed by atoms with Crippen LogP contribution in [-0.4, -0.2) is 37.0 Å². The molecule has 0 saturated carbocycles. The summed E-state index contributed by atoms with van der Waals surface area (Å²) in [5.41, 5.74) is 0.